The average molecular weight is 160 g/mol. The van der Waals surface area contributed by atoms with Crippen LogP contribution in [0, 0.1) is 0 Å². The Hall–Kier alpha value is -1.48. The topological polar surface area (TPSA) is 46.0 Å². The van der Waals surface area contributed by atoms with E-state index >= 15 is 0 Å². The summed E-state index contributed by atoms with van der Waals surface area (Å²) in [6, 6.07) is 3.78. The molecule has 3 nitrogen and oxygen atoms in total. The molecule has 0 saturated carbocycles. The van der Waals surface area contributed by atoms with Crippen molar-refractivity contribution in [3.05, 3.63) is 36.3 Å². The van der Waals surface area contributed by atoms with Gasteiger partial charge < -0.3 is 5.11 Å². The minimum absolute atomic E-state index is 0.0330. The SMILES string of the molecule is OCc1cnc2cnccc2c1. The van der Waals surface area contributed by atoms with Crippen LogP contribution in [-0.2, 0) is 6.61 Å². The van der Waals surface area contributed by atoms with E-state index in [-0.39, 0.29) is 6.61 Å². The minimum atomic E-state index is 0.0330. The second kappa shape index (κ2) is 2.87. The van der Waals surface area contributed by atoms with Crippen molar-refractivity contribution in [2.75, 3.05) is 0 Å². The maximum absolute atomic E-state index is 8.84. The number of aromatic nitrogens is 2. The highest BCUT2D eigenvalue weighted by Crippen LogP contribution is 2.10. The van der Waals surface area contributed by atoms with E-state index in [1.807, 2.05) is 12.1 Å². The standard InChI is InChI=1S/C9H8N2O/c12-6-7-3-8-1-2-10-5-9(8)11-4-7/h1-5,12H,6H2. The molecule has 2 heterocycles. The largest absolute Gasteiger partial charge is 0.392 e. The van der Waals surface area contributed by atoms with Crippen LogP contribution in [0.25, 0.3) is 10.9 Å². The Morgan fingerprint density at radius 3 is 3.08 bits per heavy atom. The first-order valence-electron chi connectivity index (χ1n) is 3.69. The average Bonchev–Trinajstić information content (AvgIpc) is 2.17. The molecule has 0 aromatic carbocycles. The fourth-order valence-electron chi connectivity index (χ4n) is 1.10. The highest BCUT2D eigenvalue weighted by molar-refractivity contribution is 5.77. The summed E-state index contributed by atoms with van der Waals surface area (Å²) in [6.45, 7) is 0.0330. The zero-order valence-electron chi connectivity index (χ0n) is 6.44. The summed E-state index contributed by atoms with van der Waals surface area (Å²) in [5.41, 5.74) is 1.68. The molecule has 0 amide bonds. The van der Waals surface area contributed by atoms with Crippen molar-refractivity contribution in [3.8, 4) is 0 Å². The van der Waals surface area contributed by atoms with Gasteiger partial charge in [-0.2, -0.15) is 0 Å². The smallest absolute Gasteiger partial charge is 0.0885 e. The van der Waals surface area contributed by atoms with Gasteiger partial charge in [0.25, 0.3) is 0 Å². The molecule has 0 saturated heterocycles. The third kappa shape index (κ3) is 1.14. The third-order valence-electron chi connectivity index (χ3n) is 1.73. The van der Waals surface area contributed by atoms with Gasteiger partial charge in [0, 0.05) is 17.8 Å². The lowest BCUT2D eigenvalue weighted by atomic mass is 10.2. The van der Waals surface area contributed by atoms with Crippen LogP contribution in [0.3, 0.4) is 0 Å². The van der Waals surface area contributed by atoms with Crippen LogP contribution >= 0.6 is 0 Å². The molecule has 0 aliphatic rings. The number of aliphatic hydroxyl groups excluding tert-OH is 1. The van der Waals surface area contributed by atoms with Gasteiger partial charge in [-0.3, -0.25) is 9.97 Å². The molecule has 12 heavy (non-hydrogen) atoms. The Labute approximate surface area is 69.7 Å². The van der Waals surface area contributed by atoms with Crippen LogP contribution in [0.15, 0.2) is 30.7 Å². The third-order valence-corrected chi connectivity index (χ3v) is 1.73. The molecule has 2 aromatic rings. The van der Waals surface area contributed by atoms with Crippen LogP contribution in [0.1, 0.15) is 5.56 Å². The second-order valence-corrected chi connectivity index (χ2v) is 2.57. The lowest BCUT2D eigenvalue weighted by Gasteiger charge is -1.97. The molecule has 0 radical (unpaired) electrons. The highest BCUT2D eigenvalue weighted by atomic mass is 16.3. The number of hydrogen-bond donors (Lipinski definition) is 1. The lowest BCUT2D eigenvalue weighted by Crippen LogP contribution is -1.86. The Bertz CT molecular complexity index is 400. The predicted molar refractivity (Wildman–Crippen MR) is 45.5 cm³/mol. The van der Waals surface area contributed by atoms with Crippen molar-refractivity contribution in [2.45, 2.75) is 6.61 Å². The number of fused-ring (bicyclic) bond motifs is 1. The predicted octanol–water partition coefficient (Wildman–Crippen LogP) is 1.12. The van der Waals surface area contributed by atoms with E-state index < -0.39 is 0 Å². The van der Waals surface area contributed by atoms with E-state index in [1.165, 1.54) is 0 Å². The van der Waals surface area contributed by atoms with Crippen molar-refractivity contribution >= 4 is 10.9 Å². The molecule has 2 rings (SSSR count). The Kier molecular flexibility index (Phi) is 1.72. The van der Waals surface area contributed by atoms with Crippen molar-refractivity contribution in [1.29, 1.82) is 0 Å². The van der Waals surface area contributed by atoms with E-state index in [0.717, 1.165) is 16.5 Å². The van der Waals surface area contributed by atoms with E-state index in [9.17, 15) is 0 Å². The molecular weight excluding hydrogens is 152 g/mol. The molecule has 0 fully saturated rings. The highest BCUT2D eigenvalue weighted by Gasteiger charge is 1.94. The lowest BCUT2D eigenvalue weighted by molar-refractivity contribution is 0.281. The van der Waals surface area contributed by atoms with Gasteiger partial charge in [0.2, 0.25) is 0 Å². The normalized spacial score (nSPS) is 10.4. The molecule has 2 aromatic heterocycles. The molecule has 3 heteroatoms. The summed E-state index contributed by atoms with van der Waals surface area (Å²) in [5, 5.41) is 9.85. The molecule has 0 unspecified atom stereocenters. The Morgan fingerprint density at radius 1 is 1.33 bits per heavy atom. The fraction of sp³-hybridized carbons (Fsp3) is 0.111. The summed E-state index contributed by atoms with van der Waals surface area (Å²) in [4.78, 5) is 8.07. The summed E-state index contributed by atoms with van der Waals surface area (Å²) >= 11 is 0. The van der Waals surface area contributed by atoms with E-state index in [0.29, 0.717) is 0 Å². The van der Waals surface area contributed by atoms with Crippen molar-refractivity contribution in [2.24, 2.45) is 0 Å². The van der Waals surface area contributed by atoms with Gasteiger partial charge in [-0.25, -0.2) is 0 Å². The minimum Gasteiger partial charge on any atom is -0.392 e. The monoisotopic (exact) mass is 160 g/mol. The maximum atomic E-state index is 8.84. The number of pyridine rings is 2. The Morgan fingerprint density at radius 2 is 2.25 bits per heavy atom. The summed E-state index contributed by atoms with van der Waals surface area (Å²) < 4.78 is 0. The molecule has 0 bridgehead atoms. The van der Waals surface area contributed by atoms with Crippen LogP contribution in [-0.4, -0.2) is 15.1 Å². The van der Waals surface area contributed by atoms with Crippen LogP contribution in [0.5, 0.6) is 0 Å². The first-order valence-corrected chi connectivity index (χ1v) is 3.69. The molecular formula is C9H8N2O. The van der Waals surface area contributed by atoms with Gasteiger partial charge in [0.05, 0.1) is 18.3 Å². The molecule has 0 aliphatic heterocycles. The Balaban J connectivity index is 2.67. The first-order chi connectivity index (χ1) is 5.90. The number of rotatable bonds is 1. The van der Waals surface area contributed by atoms with E-state index in [4.69, 9.17) is 5.11 Å². The summed E-state index contributed by atoms with van der Waals surface area (Å²) in [7, 11) is 0. The van der Waals surface area contributed by atoms with Crippen LogP contribution < -0.4 is 0 Å². The summed E-state index contributed by atoms with van der Waals surface area (Å²) in [5.74, 6) is 0. The van der Waals surface area contributed by atoms with E-state index in [1.54, 1.807) is 18.6 Å². The van der Waals surface area contributed by atoms with Gasteiger partial charge >= 0.3 is 0 Å². The first kappa shape index (κ1) is 7.18. The van der Waals surface area contributed by atoms with Gasteiger partial charge in [-0.05, 0) is 17.7 Å². The van der Waals surface area contributed by atoms with Gasteiger partial charge in [0.15, 0.2) is 0 Å². The molecule has 1 N–H and O–H groups in total. The quantitative estimate of drug-likeness (QED) is 0.680. The van der Waals surface area contributed by atoms with Crippen molar-refractivity contribution in [1.82, 2.24) is 9.97 Å². The van der Waals surface area contributed by atoms with Gasteiger partial charge in [-0.15, -0.1) is 0 Å². The number of aliphatic hydroxyl groups is 1. The summed E-state index contributed by atoms with van der Waals surface area (Å²) in [6.07, 6.45) is 5.08. The van der Waals surface area contributed by atoms with Crippen molar-refractivity contribution in [3.63, 3.8) is 0 Å². The zero-order chi connectivity index (χ0) is 8.39. The van der Waals surface area contributed by atoms with Crippen molar-refractivity contribution < 1.29 is 5.11 Å². The second-order valence-electron chi connectivity index (χ2n) is 2.57. The molecule has 0 spiro atoms. The molecule has 0 atom stereocenters. The maximum Gasteiger partial charge on any atom is 0.0885 e. The molecule has 60 valence electrons. The van der Waals surface area contributed by atoms with Gasteiger partial charge in [-0.1, -0.05) is 0 Å². The van der Waals surface area contributed by atoms with E-state index in [2.05, 4.69) is 9.97 Å². The molecule has 0 aliphatic carbocycles. The number of hydrogen-bond acceptors (Lipinski definition) is 3. The fourth-order valence-corrected chi connectivity index (χ4v) is 1.10. The number of nitrogens with zero attached hydrogens (tertiary/aromatic N) is 2. The van der Waals surface area contributed by atoms with Gasteiger partial charge in [0.1, 0.15) is 0 Å². The zero-order valence-corrected chi connectivity index (χ0v) is 6.44. The van der Waals surface area contributed by atoms with Crippen LogP contribution in [0.2, 0.25) is 0 Å². The van der Waals surface area contributed by atoms with Crippen LogP contribution in [0.4, 0.5) is 0 Å².